The van der Waals surface area contributed by atoms with E-state index in [-0.39, 0.29) is 31.7 Å². The van der Waals surface area contributed by atoms with Crippen molar-refractivity contribution >= 4 is 35.4 Å². The van der Waals surface area contributed by atoms with E-state index in [1.807, 2.05) is 30.3 Å². The molecular formula is C33H48N4O7. The molecule has 0 radical (unpaired) electrons. The predicted molar refractivity (Wildman–Crippen MR) is 166 cm³/mol. The smallest absolute Gasteiger partial charge is 0.408 e. The summed E-state index contributed by atoms with van der Waals surface area (Å²) < 4.78 is 5.35. The third kappa shape index (κ3) is 11.6. The van der Waals surface area contributed by atoms with E-state index in [4.69, 9.17) is 4.74 Å². The molecule has 0 spiro atoms. The maximum Gasteiger partial charge on any atom is 0.408 e. The number of benzene rings is 1. The van der Waals surface area contributed by atoms with E-state index in [1.165, 1.54) is 4.90 Å². The van der Waals surface area contributed by atoms with E-state index in [9.17, 15) is 28.8 Å². The molecule has 1 aromatic carbocycles. The van der Waals surface area contributed by atoms with Crippen molar-refractivity contribution in [3.05, 3.63) is 48.6 Å². The fourth-order valence-corrected chi connectivity index (χ4v) is 4.81. The van der Waals surface area contributed by atoms with Gasteiger partial charge >= 0.3 is 6.09 Å². The van der Waals surface area contributed by atoms with Gasteiger partial charge in [0.1, 0.15) is 17.7 Å². The Labute approximate surface area is 260 Å². The van der Waals surface area contributed by atoms with Crippen molar-refractivity contribution in [2.24, 2.45) is 5.41 Å². The van der Waals surface area contributed by atoms with Crippen LogP contribution in [0.15, 0.2) is 43.0 Å². The van der Waals surface area contributed by atoms with E-state index in [1.54, 1.807) is 47.6 Å². The van der Waals surface area contributed by atoms with Gasteiger partial charge in [-0.25, -0.2) is 4.79 Å². The summed E-state index contributed by atoms with van der Waals surface area (Å²) in [6, 6.07) is 6.40. The Morgan fingerprint density at radius 1 is 1.02 bits per heavy atom. The highest BCUT2D eigenvalue weighted by molar-refractivity contribution is 6.38. The molecule has 242 valence electrons. The normalized spacial score (nSPS) is 16.3. The third-order valence-electron chi connectivity index (χ3n) is 7.11. The van der Waals surface area contributed by atoms with Gasteiger partial charge in [-0.3, -0.25) is 24.0 Å². The van der Waals surface area contributed by atoms with Gasteiger partial charge in [0.25, 0.3) is 5.91 Å². The molecule has 44 heavy (non-hydrogen) atoms. The van der Waals surface area contributed by atoms with Crippen molar-refractivity contribution in [3.8, 4) is 0 Å². The highest BCUT2D eigenvalue weighted by Crippen LogP contribution is 2.26. The van der Waals surface area contributed by atoms with Crippen molar-refractivity contribution in [1.29, 1.82) is 0 Å². The van der Waals surface area contributed by atoms with Gasteiger partial charge in [-0.1, -0.05) is 57.2 Å². The van der Waals surface area contributed by atoms with Crippen LogP contribution < -0.4 is 16.0 Å². The minimum Gasteiger partial charge on any atom is -0.444 e. The first-order valence-electron chi connectivity index (χ1n) is 15.1. The summed E-state index contributed by atoms with van der Waals surface area (Å²) >= 11 is 0. The maximum atomic E-state index is 13.7. The SMILES string of the molecule is C=CCCC(NC(=O)[C@@H]1CCCN1C(=O)C(NC(=O)OC(C)(C)C)C(C)(C)C)C(=O)C(=O)NCC(=O)CCc1ccccc1. The number of ketones is 2. The summed E-state index contributed by atoms with van der Waals surface area (Å²) in [7, 11) is 0. The molecule has 0 aliphatic carbocycles. The second-order valence-electron chi connectivity index (χ2n) is 13.1. The molecule has 1 aliphatic heterocycles. The Hall–Kier alpha value is -4.02. The standard InChI is InChI=1S/C33H48N4O7/c1-8-9-16-24(26(39)29(41)34-21-23(38)19-18-22-14-11-10-12-15-22)35-28(40)25-17-13-20-37(25)30(42)27(32(2,3)4)36-31(43)44-33(5,6)7/h8,10-12,14-15,24-25,27H,1,9,13,16-21H2,2-7H3,(H,34,41)(H,35,40)(H,36,43)/t24?,25-,27?/m0/s1. The number of hydrogen-bond donors (Lipinski definition) is 3. The number of hydrogen-bond acceptors (Lipinski definition) is 7. The molecule has 1 fully saturated rings. The number of alkyl carbamates (subject to hydrolysis) is 1. The summed E-state index contributed by atoms with van der Waals surface area (Å²) in [4.78, 5) is 79.2. The van der Waals surface area contributed by atoms with Crippen LogP contribution in [0.25, 0.3) is 0 Å². The van der Waals surface area contributed by atoms with Crippen molar-refractivity contribution in [1.82, 2.24) is 20.9 Å². The van der Waals surface area contributed by atoms with Crippen molar-refractivity contribution in [3.63, 3.8) is 0 Å². The number of amides is 4. The van der Waals surface area contributed by atoms with Crippen LogP contribution in [0.5, 0.6) is 0 Å². The average molecular weight is 613 g/mol. The number of nitrogens with zero attached hydrogens (tertiary/aromatic N) is 1. The lowest BCUT2D eigenvalue weighted by molar-refractivity contribution is -0.144. The lowest BCUT2D eigenvalue weighted by Crippen LogP contribution is -2.59. The molecule has 0 aromatic heterocycles. The molecule has 0 saturated carbocycles. The molecule has 1 saturated heterocycles. The van der Waals surface area contributed by atoms with Crippen molar-refractivity contribution < 1.29 is 33.5 Å². The largest absolute Gasteiger partial charge is 0.444 e. The zero-order chi connectivity index (χ0) is 33.1. The zero-order valence-corrected chi connectivity index (χ0v) is 26.9. The van der Waals surface area contributed by atoms with Gasteiger partial charge in [-0.15, -0.1) is 6.58 Å². The van der Waals surface area contributed by atoms with Gasteiger partial charge in [0.2, 0.25) is 17.6 Å². The molecule has 1 aromatic rings. The minimum absolute atomic E-state index is 0.120. The Bertz CT molecular complexity index is 1200. The second-order valence-corrected chi connectivity index (χ2v) is 13.1. The second kappa shape index (κ2) is 16.2. The lowest BCUT2D eigenvalue weighted by Gasteiger charge is -2.36. The zero-order valence-electron chi connectivity index (χ0n) is 26.9. The number of aryl methyl sites for hydroxylation is 1. The highest BCUT2D eigenvalue weighted by Gasteiger charge is 2.43. The van der Waals surface area contributed by atoms with Crippen molar-refractivity contribution in [2.75, 3.05) is 13.1 Å². The monoisotopic (exact) mass is 612 g/mol. The third-order valence-corrected chi connectivity index (χ3v) is 7.11. The lowest BCUT2D eigenvalue weighted by atomic mass is 9.85. The van der Waals surface area contributed by atoms with Gasteiger partial charge in [-0.05, 0) is 63.9 Å². The van der Waals surface area contributed by atoms with Crippen LogP contribution in [-0.4, -0.2) is 77.1 Å². The molecule has 2 rings (SSSR count). The maximum absolute atomic E-state index is 13.7. The van der Waals surface area contributed by atoms with E-state index in [2.05, 4.69) is 22.5 Å². The number of likely N-dealkylation sites (tertiary alicyclic amines) is 1. The van der Waals surface area contributed by atoms with Crippen LogP contribution in [0.3, 0.4) is 0 Å². The molecule has 11 heteroatoms. The first kappa shape index (κ1) is 36.2. The summed E-state index contributed by atoms with van der Waals surface area (Å²) in [5, 5.41) is 7.70. The van der Waals surface area contributed by atoms with E-state index in [0.29, 0.717) is 25.7 Å². The topological polar surface area (TPSA) is 151 Å². The molecule has 3 atom stereocenters. The van der Waals surface area contributed by atoms with Crippen LogP contribution in [0.1, 0.15) is 79.2 Å². The Kier molecular flexibility index (Phi) is 13.3. The minimum atomic E-state index is -1.17. The average Bonchev–Trinajstić information content (AvgIpc) is 3.44. The molecule has 4 amide bonds. The molecule has 2 unspecified atom stereocenters. The molecule has 3 N–H and O–H groups in total. The number of allylic oxidation sites excluding steroid dienone is 1. The Morgan fingerprint density at radius 3 is 2.27 bits per heavy atom. The van der Waals surface area contributed by atoms with Gasteiger partial charge < -0.3 is 25.6 Å². The summed E-state index contributed by atoms with van der Waals surface area (Å²) in [6.45, 7) is 14.2. The number of nitrogens with one attached hydrogen (secondary N) is 3. The van der Waals surface area contributed by atoms with E-state index in [0.717, 1.165) is 5.56 Å². The predicted octanol–water partition coefficient (Wildman–Crippen LogP) is 3.26. The van der Waals surface area contributed by atoms with Gasteiger partial charge in [0.05, 0.1) is 12.6 Å². The van der Waals surface area contributed by atoms with Crippen LogP contribution in [0, 0.1) is 5.41 Å². The van der Waals surface area contributed by atoms with Crippen LogP contribution >= 0.6 is 0 Å². The fraction of sp³-hybridized carbons (Fsp3) is 0.576. The van der Waals surface area contributed by atoms with Gasteiger partial charge in [0, 0.05) is 13.0 Å². The number of Topliss-reactive ketones (excluding diaryl/α,β-unsaturated/α-hetero) is 2. The van der Waals surface area contributed by atoms with Crippen molar-refractivity contribution in [2.45, 2.75) is 104 Å². The first-order valence-corrected chi connectivity index (χ1v) is 15.1. The van der Waals surface area contributed by atoms with E-state index >= 15 is 0 Å². The van der Waals surface area contributed by atoms with E-state index < -0.39 is 58.7 Å². The number of ether oxygens (including phenoxy) is 1. The van der Waals surface area contributed by atoms with Crippen LogP contribution in [-0.2, 0) is 35.1 Å². The van der Waals surface area contributed by atoms with Gasteiger partial charge in [0.15, 0.2) is 5.78 Å². The molecule has 1 aliphatic rings. The highest BCUT2D eigenvalue weighted by atomic mass is 16.6. The summed E-state index contributed by atoms with van der Waals surface area (Å²) in [5.74, 6) is -3.10. The summed E-state index contributed by atoms with van der Waals surface area (Å²) in [5.41, 5.74) is -0.471. The molecular weight excluding hydrogens is 564 g/mol. The molecule has 0 bridgehead atoms. The first-order chi connectivity index (χ1) is 20.5. The molecule has 11 nitrogen and oxygen atoms in total. The van der Waals surface area contributed by atoms with Crippen LogP contribution in [0.4, 0.5) is 4.79 Å². The Morgan fingerprint density at radius 2 is 1.68 bits per heavy atom. The molecule has 1 heterocycles. The number of rotatable bonds is 14. The quantitative estimate of drug-likeness (QED) is 0.216. The number of carbonyl (C=O) groups is 6. The van der Waals surface area contributed by atoms with Gasteiger partial charge in [-0.2, -0.15) is 0 Å². The summed E-state index contributed by atoms with van der Waals surface area (Å²) in [6.07, 6.45) is 2.91. The number of carbonyl (C=O) groups excluding carboxylic acids is 6. The fourth-order valence-electron chi connectivity index (χ4n) is 4.81. The van der Waals surface area contributed by atoms with Crippen LogP contribution in [0.2, 0.25) is 0 Å². The Balaban J connectivity index is 2.06.